The molecule has 40 heavy (non-hydrogen) atoms. The van der Waals surface area contributed by atoms with Gasteiger partial charge >= 0.3 is 10.1 Å². The molecule has 7 nitrogen and oxygen atoms in total. The summed E-state index contributed by atoms with van der Waals surface area (Å²) in [6, 6.07) is 11.3. The highest BCUT2D eigenvalue weighted by molar-refractivity contribution is 9.10. The number of methoxy groups -OCH3 is 1. The number of hydrogen-bond acceptors (Lipinski definition) is 7. The van der Waals surface area contributed by atoms with Crippen molar-refractivity contribution in [1.29, 1.82) is 0 Å². The van der Waals surface area contributed by atoms with Crippen molar-refractivity contribution < 1.29 is 26.9 Å². The van der Waals surface area contributed by atoms with Gasteiger partial charge in [-0.25, -0.2) is 0 Å². The van der Waals surface area contributed by atoms with Crippen LogP contribution in [0.4, 0.5) is 0 Å². The van der Waals surface area contributed by atoms with E-state index in [2.05, 4.69) is 48.5 Å². The zero-order valence-corrected chi connectivity index (χ0v) is 26.0. The predicted molar refractivity (Wildman–Crippen MR) is 156 cm³/mol. The first-order valence-corrected chi connectivity index (χ1v) is 15.5. The molecule has 0 fully saturated rings. The number of nitrogens with zero attached hydrogens (tertiary/aromatic N) is 1. The molecule has 0 atom stereocenters. The number of allylic oxidation sites excluding steroid dienone is 4. The molecule has 0 aromatic heterocycles. The van der Waals surface area contributed by atoms with Crippen molar-refractivity contribution in [3.8, 4) is 11.5 Å². The lowest BCUT2D eigenvalue weighted by Gasteiger charge is -2.48. The van der Waals surface area contributed by atoms with Gasteiger partial charge in [-0.2, -0.15) is 8.42 Å². The molecular weight excluding hydrogens is 594 g/mol. The lowest BCUT2D eigenvalue weighted by atomic mass is 9.64. The van der Waals surface area contributed by atoms with Crippen LogP contribution in [-0.2, 0) is 19.7 Å². The number of carbonyl (C=O) groups excluding carboxylic acids is 2. The second-order valence-electron chi connectivity index (χ2n) is 12.5. The second kappa shape index (κ2) is 9.87. The Morgan fingerprint density at radius 3 is 1.90 bits per heavy atom. The molecule has 0 spiro atoms. The molecule has 0 bridgehead atoms. The van der Waals surface area contributed by atoms with Gasteiger partial charge in [0.25, 0.3) is 0 Å². The van der Waals surface area contributed by atoms with Gasteiger partial charge in [0.15, 0.2) is 23.1 Å². The minimum Gasteiger partial charge on any atom is -0.493 e. The van der Waals surface area contributed by atoms with Crippen LogP contribution in [0.15, 0.2) is 74.4 Å². The number of rotatable bonds is 5. The Morgan fingerprint density at radius 2 is 1.40 bits per heavy atom. The van der Waals surface area contributed by atoms with Crippen molar-refractivity contribution in [2.45, 2.75) is 64.2 Å². The average molecular weight is 629 g/mol. The lowest BCUT2D eigenvalue weighted by molar-refractivity contribution is -0.119. The first-order chi connectivity index (χ1) is 18.6. The Labute approximate surface area is 244 Å². The van der Waals surface area contributed by atoms with E-state index in [-0.39, 0.29) is 38.8 Å². The number of hydrogen-bond donors (Lipinski definition) is 0. The van der Waals surface area contributed by atoms with E-state index < -0.39 is 16.0 Å². The third kappa shape index (κ3) is 5.02. The van der Waals surface area contributed by atoms with Crippen molar-refractivity contribution in [2.24, 2.45) is 10.8 Å². The van der Waals surface area contributed by atoms with Gasteiger partial charge in [0, 0.05) is 48.3 Å². The van der Waals surface area contributed by atoms with E-state index in [0.717, 1.165) is 11.4 Å². The first kappa shape index (κ1) is 28.6. The van der Waals surface area contributed by atoms with Gasteiger partial charge in [-0.15, -0.1) is 0 Å². The number of Topliss-reactive ketones (excluding diaryl/α,β-unsaturated/α-hetero) is 2. The fraction of sp³-hybridized carbons (Fsp3) is 0.419. The Bertz CT molecular complexity index is 1530. The molecule has 2 aromatic rings. The highest BCUT2D eigenvalue weighted by atomic mass is 79.9. The van der Waals surface area contributed by atoms with Gasteiger partial charge in [-0.3, -0.25) is 9.59 Å². The topological polar surface area (TPSA) is 90.0 Å². The Hall–Kier alpha value is -2.91. The molecule has 5 rings (SSSR count). The Morgan fingerprint density at radius 1 is 0.875 bits per heavy atom. The van der Waals surface area contributed by atoms with Crippen LogP contribution in [0.25, 0.3) is 0 Å². The van der Waals surface area contributed by atoms with Gasteiger partial charge in [-0.05, 0) is 69.4 Å². The van der Waals surface area contributed by atoms with Crippen LogP contribution < -0.4 is 8.92 Å². The molecule has 0 radical (unpaired) electrons. The van der Waals surface area contributed by atoms with Crippen LogP contribution in [0, 0.1) is 10.8 Å². The molecule has 2 aliphatic carbocycles. The molecule has 9 heteroatoms. The first-order valence-electron chi connectivity index (χ1n) is 13.3. The molecular formula is C31H34BrNO6S. The van der Waals surface area contributed by atoms with Crippen molar-refractivity contribution in [3.63, 3.8) is 0 Å². The van der Waals surface area contributed by atoms with Crippen molar-refractivity contribution in [3.05, 3.63) is 75.0 Å². The fourth-order valence-electron chi connectivity index (χ4n) is 6.23. The van der Waals surface area contributed by atoms with Crippen LogP contribution in [0.1, 0.15) is 64.9 Å². The van der Waals surface area contributed by atoms with Crippen LogP contribution in [-0.4, -0.2) is 39.0 Å². The van der Waals surface area contributed by atoms with E-state index in [0.29, 0.717) is 46.9 Å². The Balaban J connectivity index is 1.68. The molecule has 212 valence electrons. The maximum atomic E-state index is 13.8. The van der Waals surface area contributed by atoms with Crippen LogP contribution in [0.3, 0.4) is 0 Å². The highest BCUT2D eigenvalue weighted by Crippen LogP contribution is 2.55. The minimum atomic E-state index is -4.14. The van der Waals surface area contributed by atoms with Crippen LogP contribution in [0.2, 0.25) is 0 Å². The van der Waals surface area contributed by atoms with Gasteiger partial charge in [0.2, 0.25) is 0 Å². The van der Waals surface area contributed by atoms with Crippen LogP contribution >= 0.6 is 15.9 Å². The van der Waals surface area contributed by atoms with Gasteiger partial charge < -0.3 is 13.8 Å². The lowest BCUT2D eigenvalue weighted by Crippen LogP contribution is -2.43. The Kier molecular flexibility index (Phi) is 7.06. The van der Waals surface area contributed by atoms with E-state index >= 15 is 0 Å². The molecule has 0 saturated heterocycles. The third-order valence-electron chi connectivity index (χ3n) is 7.99. The summed E-state index contributed by atoms with van der Waals surface area (Å²) in [5.41, 5.74) is 3.41. The predicted octanol–water partition coefficient (Wildman–Crippen LogP) is 6.54. The van der Waals surface area contributed by atoms with Gasteiger partial charge in [0.1, 0.15) is 4.90 Å². The number of halogens is 1. The number of benzene rings is 2. The molecule has 3 aliphatic rings. The number of ketones is 2. The summed E-state index contributed by atoms with van der Waals surface area (Å²) >= 11 is 3.50. The van der Waals surface area contributed by atoms with Crippen molar-refractivity contribution in [1.82, 2.24) is 4.90 Å². The number of ether oxygens (including phenoxy) is 1. The van der Waals surface area contributed by atoms with E-state index in [4.69, 9.17) is 8.92 Å². The molecule has 1 aliphatic heterocycles. The van der Waals surface area contributed by atoms with Gasteiger partial charge in [-0.1, -0.05) is 45.9 Å². The van der Waals surface area contributed by atoms with Gasteiger partial charge in [0.05, 0.1) is 11.6 Å². The average Bonchev–Trinajstić information content (AvgIpc) is 2.85. The fourth-order valence-corrected chi connectivity index (χ4v) is 7.86. The molecule has 0 unspecified atom stereocenters. The summed E-state index contributed by atoms with van der Waals surface area (Å²) in [5.74, 6) is -0.361. The minimum absolute atomic E-state index is 0.00125. The summed E-state index contributed by atoms with van der Waals surface area (Å²) in [7, 11) is -0.743. The maximum absolute atomic E-state index is 13.8. The summed E-state index contributed by atoms with van der Waals surface area (Å²) < 4.78 is 37.5. The third-order valence-corrected chi connectivity index (χ3v) is 9.81. The normalized spacial score (nSPS) is 20.8. The highest BCUT2D eigenvalue weighted by Gasteiger charge is 2.48. The van der Waals surface area contributed by atoms with E-state index in [1.54, 1.807) is 30.3 Å². The van der Waals surface area contributed by atoms with E-state index in [1.165, 1.54) is 19.2 Å². The quantitative estimate of drug-likeness (QED) is 0.348. The molecule has 0 N–H and O–H groups in total. The zero-order chi connectivity index (χ0) is 29.2. The molecule has 0 amide bonds. The van der Waals surface area contributed by atoms with Crippen LogP contribution in [0.5, 0.6) is 11.5 Å². The monoisotopic (exact) mass is 627 g/mol. The van der Waals surface area contributed by atoms with E-state index in [9.17, 15) is 18.0 Å². The summed E-state index contributed by atoms with van der Waals surface area (Å²) in [6.45, 7) is 8.37. The summed E-state index contributed by atoms with van der Waals surface area (Å²) in [4.78, 5) is 29.6. The largest absolute Gasteiger partial charge is 0.493 e. The van der Waals surface area contributed by atoms with Crippen molar-refractivity contribution in [2.75, 3.05) is 14.2 Å². The molecule has 2 aromatic carbocycles. The summed E-state index contributed by atoms with van der Waals surface area (Å²) in [5, 5.41) is 0. The smallest absolute Gasteiger partial charge is 0.339 e. The summed E-state index contributed by atoms with van der Waals surface area (Å²) in [6.07, 6.45) is 2.18. The second-order valence-corrected chi connectivity index (χ2v) is 14.9. The molecule has 1 heterocycles. The SMILES string of the molecule is COc1cc(C2C3=C(CC(C)(C)CC3=O)N(C)C3=C2C(=O)CC(C)(C)C3)cc(Br)c1OS(=O)(=O)c1ccccc1. The molecule has 0 saturated carbocycles. The van der Waals surface area contributed by atoms with E-state index in [1.807, 2.05) is 7.05 Å². The standard InChI is InChI=1S/C31H34BrNO6S/c1-30(2)14-21-27(23(34)16-30)26(28-22(33(21)5)15-31(3,4)17-24(28)35)18-12-20(32)29(25(13-18)38-6)39-40(36,37)19-10-8-7-9-11-19/h7-13,26H,14-17H2,1-6H3. The number of carbonyl (C=O) groups is 2. The van der Waals surface area contributed by atoms with Crippen molar-refractivity contribution >= 4 is 37.6 Å². The maximum Gasteiger partial charge on any atom is 0.339 e. The zero-order valence-electron chi connectivity index (χ0n) is 23.6.